The molecule has 1 aliphatic carbocycles. The highest BCUT2D eigenvalue weighted by atomic mass is 14.6. The van der Waals surface area contributed by atoms with E-state index in [1.807, 2.05) is 0 Å². The Morgan fingerprint density at radius 1 is 1.12 bits per heavy atom. The lowest BCUT2D eigenvalue weighted by molar-refractivity contribution is 0.237. The quantitative estimate of drug-likeness (QED) is 0.634. The van der Waals surface area contributed by atoms with Gasteiger partial charge in [0.1, 0.15) is 0 Å². The van der Waals surface area contributed by atoms with E-state index in [2.05, 4.69) is 13.8 Å². The molecule has 1 saturated carbocycles. The van der Waals surface area contributed by atoms with Crippen molar-refractivity contribution < 1.29 is 0 Å². The van der Waals surface area contributed by atoms with Crippen LogP contribution in [0.15, 0.2) is 0 Å². The summed E-state index contributed by atoms with van der Waals surface area (Å²) in [7, 11) is 0. The van der Waals surface area contributed by atoms with E-state index < -0.39 is 0 Å². The molecule has 3 atom stereocenters. The minimum absolute atomic E-state index is 0.490. The van der Waals surface area contributed by atoms with Crippen molar-refractivity contribution in [3.8, 4) is 0 Å². The van der Waals surface area contributed by atoms with Crippen molar-refractivity contribution in [3.05, 3.63) is 0 Å². The minimum Gasteiger partial charge on any atom is -0.327 e. The standard InChI is InChI=1S/C15H31N/c1-3-4-5-6-7-11-15(16)14-10-8-9-13(2)12-14/h13-15H,3-12,16H2,1-2H3. The fourth-order valence-corrected chi connectivity index (χ4v) is 3.09. The van der Waals surface area contributed by atoms with E-state index in [0.29, 0.717) is 6.04 Å². The van der Waals surface area contributed by atoms with Gasteiger partial charge in [0.25, 0.3) is 0 Å². The topological polar surface area (TPSA) is 26.0 Å². The molecule has 3 unspecified atom stereocenters. The summed E-state index contributed by atoms with van der Waals surface area (Å²) in [5, 5.41) is 0. The smallest absolute Gasteiger partial charge is 0.00672 e. The first kappa shape index (κ1) is 14.0. The average molecular weight is 225 g/mol. The maximum Gasteiger partial charge on any atom is 0.00672 e. The number of hydrogen-bond acceptors (Lipinski definition) is 1. The molecule has 1 fully saturated rings. The summed E-state index contributed by atoms with van der Waals surface area (Å²) in [5.41, 5.74) is 6.33. The predicted octanol–water partition coefficient (Wildman–Crippen LogP) is 4.50. The molecule has 0 radical (unpaired) electrons. The van der Waals surface area contributed by atoms with Gasteiger partial charge in [0, 0.05) is 6.04 Å². The van der Waals surface area contributed by atoms with E-state index in [1.54, 1.807) is 0 Å². The lowest BCUT2D eigenvalue weighted by Crippen LogP contribution is -2.33. The van der Waals surface area contributed by atoms with Crippen LogP contribution in [-0.4, -0.2) is 6.04 Å². The van der Waals surface area contributed by atoms with Gasteiger partial charge in [-0.05, 0) is 31.1 Å². The van der Waals surface area contributed by atoms with Crippen LogP contribution in [0.1, 0.15) is 78.1 Å². The molecule has 0 heterocycles. The zero-order valence-electron chi connectivity index (χ0n) is 11.4. The fourth-order valence-electron chi connectivity index (χ4n) is 3.09. The lowest BCUT2D eigenvalue weighted by Gasteiger charge is -2.31. The molecule has 0 aromatic carbocycles. The van der Waals surface area contributed by atoms with E-state index in [9.17, 15) is 0 Å². The molecule has 1 nitrogen and oxygen atoms in total. The van der Waals surface area contributed by atoms with Gasteiger partial charge in [-0.25, -0.2) is 0 Å². The Labute approximate surface area is 102 Å². The highest BCUT2D eigenvalue weighted by molar-refractivity contribution is 4.79. The maximum atomic E-state index is 6.33. The number of unbranched alkanes of at least 4 members (excludes halogenated alkanes) is 4. The first-order valence-corrected chi connectivity index (χ1v) is 7.49. The SMILES string of the molecule is CCCCCCCC(N)C1CCCC(C)C1. The van der Waals surface area contributed by atoms with Gasteiger partial charge >= 0.3 is 0 Å². The molecule has 1 aliphatic rings. The van der Waals surface area contributed by atoms with Crippen LogP contribution in [0.3, 0.4) is 0 Å². The monoisotopic (exact) mass is 225 g/mol. The van der Waals surface area contributed by atoms with E-state index in [4.69, 9.17) is 5.73 Å². The lowest BCUT2D eigenvalue weighted by atomic mass is 9.77. The van der Waals surface area contributed by atoms with Crippen molar-refractivity contribution in [3.63, 3.8) is 0 Å². The average Bonchev–Trinajstić information content (AvgIpc) is 2.28. The molecule has 0 aromatic heterocycles. The summed E-state index contributed by atoms with van der Waals surface area (Å²) < 4.78 is 0. The van der Waals surface area contributed by atoms with Gasteiger partial charge < -0.3 is 5.73 Å². The van der Waals surface area contributed by atoms with Gasteiger partial charge in [-0.2, -0.15) is 0 Å². The first-order chi connectivity index (χ1) is 7.74. The summed E-state index contributed by atoms with van der Waals surface area (Å²) in [6, 6.07) is 0.490. The molecule has 0 saturated heterocycles. The summed E-state index contributed by atoms with van der Waals surface area (Å²) in [4.78, 5) is 0. The van der Waals surface area contributed by atoms with Gasteiger partial charge in [-0.15, -0.1) is 0 Å². The number of hydrogen-bond donors (Lipinski definition) is 1. The van der Waals surface area contributed by atoms with Crippen LogP contribution in [0.4, 0.5) is 0 Å². The Morgan fingerprint density at radius 2 is 1.88 bits per heavy atom. The second-order valence-electron chi connectivity index (χ2n) is 5.90. The van der Waals surface area contributed by atoms with Crippen molar-refractivity contribution in [2.45, 2.75) is 84.1 Å². The van der Waals surface area contributed by atoms with Crippen LogP contribution >= 0.6 is 0 Å². The van der Waals surface area contributed by atoms with Crippen LogP contribution in [0.5, 0.6) is 0 Å². The van der Waals surface area contributed by atoms with Crippen molar-refractivity contribution >= 4 is 0 Å². The zero-order valence-corrected chi connectivity index (χ0v) is 11.4. The molecule has 0 bridgehead atoms. The second kappa shape index (κ2) is 8.11. The Kier molecular flexibility index (Phi) is 7.11. The van der Waals surface area contributed by atoms with E-state index in [-0.39, 0.29) is 0 Å². The van der Waals surface area contributed by atoms with Crippen LogP contribution in [0.2, 0.25) is 0 Å². The third-order valence-corrected chi connectivity index (χ3v) is 4.22. The van der Waals surface area contributed by atoms with Gasteiger partial charge in [-0.3, -0.25) is 0 Å². The van der Waals surface area contributed by atoms with Crippen LogP contribution in [0.25, 0.3) is 0 Å². The largest absolute Gasteiger partial charge is 0.327 e. The zero-order chi connectivity index (χ0) is 11.8. The molecule has 16 heavy (non-hydrogen) atoms. The summed E-state index contributed by atoms with van der Waals surface area (Å²) in [6.07, 6.45) is 13.8. The molecular weight excluding hydrogens is 194 g/mol. The molecule has 1 heteroatoms. The normalized spacial score (nSPS) is 27.9. The number of rotatable bonds is 7. The maximum absolute atomic E-state index is 6.33. The van der Waals surface area contributed by atoms with Crippen molar-refractivity contribution in [2.75, 3.05) is 0 Å². The van der Waals surface area contributed by atoms with Crippen molar-refractivity contribution in [1.29, 1.82) is 0 Å². The summed E-state index contributed by atoms with van der Waals surface area (Å²) in [5.74, 6) is 1.75. The highest BCUT2D eigenvalue weighted by Gasteiger charge is 2.23. The summed E-state index contributed by atoms with van der Waals surface area (Å²) in [6.45, 7) is 4.66. The predicted molar refractivity (Wildman–Crippen MR) is 72.5 cm³/mol. The second-order valence-corrected chi connectivity index (χ2v) is 5.90. The molecule has 1 rings (SSSR count). The van der Waals surface area contributed by atoms with E-state index in [1.165, 1.54) is 64.2 Å². The molecule has 0 aromatic rings. The Hall–Kier alpha value is -0.0400. The molecule has 0 spiro atoms. The van der Waals surface area contributed by atoms with Crippen molar-refractivity contribution in [1.82, 2.24) is 0 Å². The molecule has 0 aliphatic heterocycles. The first-order valence-electron chi connectivity index (χ1n) is 7.49. The summed E-state index contributed by atoms with van der Waals surface area (Å²) >= 11 is 0. The van der Waals surface area contributed by atoms with Crippen LogP contribution < -0.4 is 5.73 Å². The molecule has 0 amide bonds. The third-order valence-electron chi connectivity index (χ3n) is 4.22. The van der Waals surface area contributed by atoms with E-state index in [0.717, 1.165) is 11.8 Å². The van der Waals surface area contributed by atoms with Crippen molar-refractivity contribution in [2.24, 2.45) is 17.6 Å². The van der Waals surface area contributed by atoms with E-state index >= 15 is 0 Å². The third kappa shape index (κ3) is 5.34. The minimum atomic E-state index is 0.490. The molecule has 2 N–H and O–H groups in total. The Bertz CT molecular complexity index is 167. The van der Waals surface area contributed by atoms with Gasteiger partial charge in [-0.1, -0.05) is 58.8 Å². The fraction of sp³-hybridized carbons (Fsp3) is 1.00. The van der Waals surface area contributed by atoms with Crippen LogP contribution in [-0.2, 0) is 0 Å². The number of nitrogens with two attached hydrogens (primary N) is 1. The Morgan fingerprint density at radius 3 is 2.56 bits per heavy atom. The van der Waals surface area contributed by atoms with Gasteiger partial charge in [0.2, 0.25) is 0 Å². The molecular formula is C15H31N. The van der Waals surface area contributed by atoms with Gasteiger partial charge in [0.15, 0.2) is 0 Å². The van der Waals surface area contributed by atoms with Crippen LogP contribution in [0, 0.1) is 11.8 Å². The Balaban J connectivity index is 2.06. The van der Waals surface area contributed by atoms with Gasteiger partial charge in [0.05, 0.1) is 0 Å². The molecule has 96 valence electrons. The highest BCUT2D eigenvalue weighted by Crippen LogP contribution is 2.31.